The Morgan fingerprint density at radius 3 is 2.77 bits per heavy atom. The first-order valence-corrected chi connectivity index (χ1v) is 4.20. The molecule has 5 nitrogen and oxygen atoms in total. The summed E-state index contributed by atoms with van der Waals surface area (Å²) < 4.78 is 4.86. The van der Waals surface area contributed by atoms with E-state index in [0.29, 0.717) is 6.42 Å². The third-order valence-electron chi connectivity index (χ3n) is 1.99. The van der Waals surface area contributed by atoms with Gasteiger partial charge in [-0.1, -0.05) is 0 Å². The smallest absolute Gasteiger partial charge is 0.323 e. The van der Waals surface area contributed by atoms with Gasteiger partial charge in [-0.3, -0.25) is 14.9 Å². The monoisotopic (exact) mass is 187 g/mol. The number of aliphatic carboxylic acids is 1. The number of ether oxygens (including phenoxy) is 1. The fraction of sp³-hybridized carbons (Fsp3) is 0.750. The van der Waals surface area contributed by atoms with Gasteiger partial charge in [-0.2, -0.15) is 0 Å². The number of carboxylic acids is 1. The summed E-state index contributed by atoms with van der Waals surface area (Å²) in [6.45, 7) is 3.28. The average Bonchev–Trinajstić information content (AvgIpc) is 2.30. The normalized spacial score (nSPS) is 29.8. The fourth-order valence-electron chi connectivity index (χ4n) is 1.27. The van der Waals surface area contributed by atoms with E-state index in [0.717, 1.165) is 0 Å². The number of carbonyl (C=O) groups is 2. The Labute approximate surface area is 76.1 Å². The maximum absolute atomic E-state index is 11.1. The molecule has 1 fully saturated rings. The average molecular weight is 187 g/mol. The SMILES string of the molecule is CC1CC(N[C@@H](C)C(=O)O)C(=O)O1. The standard InChI is InChI=1S/C8H13NO4/c1-4-3-6(8(12)13-4)9-5(2)7(10)11/h4-6,9H,3H2,1-2H3,(H,10,11)/t4?,5-,6?/m0/s1. The third kappa shape index (κ3) is 2.42. The van der Waals surface area contributed by atoms with E-state index in [-0.39, 0.29) is 12.1 Å². The molecule has 3 atom stereocenters. The van der Waals surface area contributed by atoms with Gasteiger partial charge in [-0.05, 0) is 13.8 Å². The second-order valence-corrected chi connectivity index (χ2v) is 3.26. The molecule has 0 saturated carbocycles. The number of hydrogen-bond acceptors (Lipinski definition) is 4. The minimum atomic E-state index is -0.965. The van der Waals surface area contributed by atoms with E-state index in [1.165, 1.54) is 6.92 Å². The van der Waals surface area contributed by atoms with Gasteiger partial charge in [0, 0.05) is 6.42 Å². The van der Waals surface area contributed by atoms with Crippen molar-refractivity contribution in [1.29, 1.82) is 0 Å². The highest BCUT2D eigenvalue weighted by molar-refractivity contribution is 5.80. The van der Waals surface area contributed by atoms with E-state index in [1.807, 2.05) is 0 Å². The van der Waals surface area contributed by atoms with Crippen molar-refractivity contribution in [3.05, 3.63) is 0 Å². The van der Waals surface area contributed by atoms with Crippen molar-refractivity contribution in [3.63, 3.8) is 0 Å². The molecule has 0 aliphatic carbocycles. The third-order valence-corrected chi connectivity index (χ3v) is 1.99. The summed E-state index contributed by atoms with van der Waals surface area (Å²) in [6.07, 6.45) is 0.419. The van der Waals surface area contributed by atoms with Crippen molar-refractivity contribution in [1.82, 2.24) is 5.32 Å². The molecule has 0 aromatic rings. The number of carboxylic acid groups (broad SMARTS) is 1. The highest BCUT2D eigenvalue weighted by Gasteiger charge is 2.33. The molecule has 1 saturated heterocycles. The molecule has 0 aromatic heterocycles. The highest BCUT2D eigenvalue weighted by atomic mass is 16.6. The zero-order valence-electron chi connectivity index (χ0n) is 7.61. The number of esters is 1. The van der Waals surface area contributed by atoms with Crippen LogP contribution in [-0.4, -0.2) is 35.2 Å². The topological polar surface area (TPSA) is 75.6 Å². The molecule has 13 heavy (non-hydrogen) atoms. The second-order valence-electron chi connectivity index (χ2n) is 3.26. The van der Waals surface area contributed by atoms with Crippen molar-refractivity contribution >= 4 is 11.9 Å². The quantitative estimate of drug-likeness (QED) is 0.596. The second kappa shape index (κ2) is 3.74. The van der Waals surface area contributed by atoms with Gasteiger partial charge < -0.3 is 9.84 Å². The maximum atomic E-state index is 11.1. The molecule has 0 radical (unpaired) electrons. The summed E-state index contributed by atoms with van der Waals surface area (Å²) >= 11 is 0. The van der Waals surface area contributed by atoms with Gasteiger partial charge in [-0.25, -0.2) is 0 Å². The van der Waals surface area contributed by atoms with Gasteiger partial charge >= 0.3 is 11.9 Å². The van der Waals surface area contributed by atoms with Crippen LogP contribution in [0.2, 0.25) is 0 Å². The number of cyclic esters (lactones) is 1. The molecule has 74 valence electrons. The maximum Gasteiger partial charge on any atom is 0.323 e. The van der Waals surface area contributed by atoms with Crippen LogP contribution in [0.1, 0.15) is 20.3 Å². The lowest BCUT2D eigenvalue weighted by atomic mass is 10.1. The molecule has 1 heterocycles. The Morgan fingerprint density at radius 1 is 1.77 bits per heavy atom. The molecule has 0 spiro atoms. The fourth-order valence-corrected chi connectivity index (χ4v) is 1.27. The molecule has 0 amide bonds. The summed E-state index contributed by atoms with van der Waals surface area (Å²) in [5.41, 5.74) is 0. The van der Waals surface area contributed by atoms with Crippen LogP contribution in [-0.2, 0) is 14.3 Å². The Hall–Kier alpha value is -1.10. The zero-order valence-corrected chi connectivity index (χ0v) is 7.61. The van der Waals surface area contributed by atoms with E-state index >= 15 is 0 Å². The van der Waals surface area contributed by atoms with Crippen molar-refractivity contribution < 1.29 is 19.4 Å². The first-order valence-electron chi connectivity index (χ1n) is 4.20. The molecule has 0 aromatic carbocycles. The van der Waals surface area contributed by atoms with Crippen LogP contribution in [0.4, 0.5) is 0 Å². The lowest BCUT2D eigenvalue weighted by molar-refractivity contribution is -0.143. The Kier molecular flexibility index (Phi) is 2.87. The first-order chi connectivity index (χ1) is 6.00. The molecular formula is C8H13NO4. The van der Waals surface area contributed by atoms with E-state index in [4.69, 9.17) is 9.84 Å². The minimum absolute atomic E-state index is 0.119. The van der Waals surface area contributed by atoms with Gasteiger partial charge in [0.1, 0.15) is 18.2 Å². The van der Waals surface area contributed by atoms with Gasteiger partial charge in [0.15, 0.2) is 0 Å². The first kappa shape index (κ1) is 9.98. The van der Waals surface area contributed by atoms with Gasteiger partial charge in [0.25, 0.3) is 0 Å². The van der Waals surface area contributed by atoms with Gasteiger partial charge in [0.2, 0.25) is 0 Å². The van der Waals surface area contributed by atoms with Crippen molar-refractivity contribution in [2.75, 3.05) is 0 Å². The Morgan fingerprint density at radius 2 is 2.38 bits per heavy atom. The molecule has 5 heteroatoms. The van der Waals surface area contributed by atoms with Crippen LogP contribution in [0.25, 0.3) is 0 Å². The van der Waals surface area contributed by atoms with Crippen LogP contribution in [0.3, 0.4) is 0 Å². The van der Waals surface area contributed by atoms with Crippen molar-refractivity contribution in [2.45, 2.75) is 38.5 Å². The predicted octanol–water partition coefficient (Wildman–Crippen LogP) is -0.247. The summed E-state index contributed by atoms with van der Waals surface area (Å²) in [7, 11) is 0. The van der Waals surface area contributed by atoms with E-state index in [1.54, 1.807) is 6.92 Å². The molecule has 1 aliphatic rings. The van der Waals surface area contributed by atoms with Crippen LogP contribution in [0.5, 0.6) is 0 Å². The largest absolute Gasteiger partial charge is 0.480 e. The molecular weight excluding hydrogens is 174 g/mol. The molecule has 0 bridgehead atoms. The lowest BCUT2D eigenvalue weighted by Crippen LogP contribution is -2.43. The van der Waals surface area contributed by atoms with Crippen molar-refractivity contribution in [3.8, 4) is 0 Å². The molecule has 2 N–H and O–H groups in total. The van der Waals surface area contributed by atoms with E-state index in [2.05, 4.69) is 5.32 Å². The highest BCUT2D eigenvalue weighted by Crippen LogP contribution is 2.14. The lowest BCUT2D eigenvalue weighted by Gasteiger charge is -2.11. The Balaban J connectivity index is 2.46. The zero-order chi connectivity index (χ0) is 10.0. The summed E-state index contributed by atoms with van der Waals surface area (Å²) in [5, 5.41) is 11.3. The van der Waals surface area contributed by atoms with E-state index in [9.17, 15) is 9.59 Å². The number of carbonyl (C=O) groups excluding carboxylic acids is 1. The number of nitrogens with one attached hydrogen (secondary N) is 1. The summed E-state index contributed by atoms with van der Waals surface area (Å²) in [6, 6.07) is -1.19. The van der Waals surface area contributed by atoms with Crippen LogP contribution in [0, 0.1) is 0 Å². The molecule has 1 aliphatic heterocycles. The minimum Gasteiger partial charge on any atom is -0.480 e. The van der Waals surface area contributed by atoms with E-state index < -0.39 is 18.1 Å². The molecule has 1 rings (SSSR count). The van der Waals surface area contributed by atoms with Crippen molar-refractivity contribution in [2.24, 2.45) is 0 Å². The number of hydrogen-bond donors (Lipinski definition) is 2. The molecule has 2 unspecified atom stereocenters. The summed E-state index contributed by atoms with van der Waals surface area (Å²) in [4.78, 5) is 21.5. The summed E-state index contributed by atoms with van der Waals surface area (Å²) in [5.74, 6) is -1.33. The van der Waals surface area contributed by atoms with Gasteiger partial charge in [0.05, 0.1) is 0 Å². The van der Waals surface area contributed by atoms with Gasteiger partial charge in [-0.15, -0.1) is 0 Å². The van der Waals surface area contributed by atoms with Crippen LogP contribution >= 0.6 is 0 Å². The van der Waals surface area contributed by atoms with Crippen LogP contribution in [0.15, 0.2) is 0 Å². The Bertz CT molecular complexity index is 228. The predicted molar refractivity (Wildman–Crippen MR) is 44.2 cm³/mol. The van der Waals surface area contributed by atoms with Crippen LogP contribution < -0.4 is 5.32 Å². The number of rotatable bonds is 3.